The summed E-state index contributed by atoms with van der Waals surface area (Å²) in [5, 5.41) is 3.25. The van der Waals surface area contributed by atoms with Crippen LogP contribution in [0.25, 0.3) is 0 Å². The Morgan fingerprint density at radius 1 is 1.30 bits per heavy atom. The minimum Gasteiger partial charge on any atom is -0.324 e. The first-order chi connectivity index (χ1) is 9.37. The Labute approximate surface area is 125 Å². The first-order valence-corrected chi connectivity index (χ1v) is 6.97. The molecule has 20 heavy (non-hydrogen) atoms. The molecule has 0 bridgehead atoms. The van der Waals surface area contributed by atoms with Crippen LogP contribution in [0.3, 0.4) is 0 Å². The van der Waals surface area contributed by atoms with E-state index in [1.54, 1.807) is 23.1 Å². The molecule has 0 atom stereocenters. The minimum absolute atomic E-state index is 0.0684. The molecule has 1 fully saturated rings. The average Bonchev–Trinajstić information content (AvgIpc) is 2.38. The van der Waals surface area contributed by atoms with Gasteiger partial charge in [-0.2, -0.15) is 0 Å². The zero-order valence-electron chi connectivity index (χ0n) is 10.6. The van der Waals surface area contributed by atoms with E-state index in [-0.39, 0.29) is 43.4 Å². The van der Waals surface area contributed by atoms with E-state index in [1.807, 2.05) is 0 Å². The highest BCUT2D eigenvalue weighted by Crippen LogP contribution is 2.30. The van der Waals surface area contributed by atoms with Gasteiger partial charge < -0.3 is 5.32 Å². The SMILES string of the molecule is O=C(CN1CCC(F)(F)CC1)Nc1cccc(Cl)c1Cl. The molecule has 0 unspecified atom stereocenters. The van der Waals surface area contributed by atoms with Crippen molar-refractivity contribution >= 4 is 34.8 Å². The van der Waals surface area contributed by atoms with Gasteiger partial charge in [-0.25, -0.2) is 8.78 Å². The molecule has 1 aliphatic rings. The van der Waals surface area contributed by atoms with Crippen LogP contribution in [0.15, 0.2) is 18.2 Å². The fourth-order valence-electron chi connectivity index (χ4n) is 2.03. The number of hydrogen-bond acceptors (Lipinski definition) is 2. The second-order valence-electron chi connectivity index (χ2n) is 4.78. The summed E-state index contributed by atoms with van der Waals surface area (Å²) in [6.07, 6.45) is -0.420. The van der Waals surface area contributed by atoms with Crippen LogP contribution in [0, 0.1) is 0 Å². The van der Waals surface area contributed by atoms with Gasteiger partial charge >= 0.3 is 0 Å². The van der Waals surface area contributed by atoms with Crippen LogP contribution in [-0.4, -0.2) is 36.4 Å². The van der Waals surface area contributed by atoms with Crippen LogP contribution >= 0.6 is 23.2 Å². The van der Waals surface area contributed by atoms with Crippen LogP contribution in [0.4, 0.5) is 14.5 Å². The first kappa shape index (κ1) is 15.5. The number of piperidine rings is 1. The van der Waals surface area contributed by atoms with Crippen molar-refractivity contribution in [3.05, 3.63) is 28.2 Å². The molecular weight excluding hydrogens is 309 g/mol. The van der Waals surface area contributed by atoms with Gasteiger partial charge in [0.25, 0.3) is 5.92 Å². The third-order valence-electron chi connectivity index (χ3n) is 3.18. The van der Waals surface area contributed by atoms with Gasteiger partial charge in [0.15, 0.2) is 0 Å². The van der Waals surface area contributed by atoms with E-state index in [1.165, 1.54) is 0 Å². The predicted molar refractivity (Wildman–Crippen MR) is 75.7 cm³/mol. The van der Waals surface area contributed by atoms with Crippen LogP contribution in [0.2, 0.25) is 10.0 Å². The van der Waals surface area contributed by atoms with Gasteiger partial charge in [-0.15, -0.1) is 0 Å². The van der Waals surface area contributed by atoms with E-state index in [2.05, 4.69) is 5.32 Å². The molecule has 1 aromatic carbocycles. The minimum atomic E-state index is -2.61. The maximum atomic E-state index is 13.0. The van der Waals surface area contributed by atoms with Gasteiger partial charge in [-0.3, -0.25) is 9.69 Å². The molecule has 0 aliphatic carbocycles. The molecule has 110 valence electrons. The molecule has 0 spiro atoms. The van der Waals surface area contributed by atoms with Crippen LogP contribution in [-0.2, 0) is 4.79 Å². The largest absolute Gasteiger partial charge is 0.324 e. The number of benzene rings is 1. The Bertz CT molecular complexity index is 501. The summed E-state index contributed by atoms with van der Waals surface area (Å²) in [7, 11) is 0. The molecule has 3 nitrogen and oxygen atoms in total. The molecule has 7 heteroatoms. The maximum absolute atomic E-state index is 13.0. The molecule has 2 rings (SSSR count). The van der Waals surface area contributed by atoms with Gasteiger partial charge in [-0.1, -0.05) is 29.3 Å². The van der Waals surface area contributed by atoms with Crippen LogP contribution in [0.5, 0.6) is 0 Å². The highest BCUT2D eigenvalue weighted by molar-refractivity contribution is 6.43. The zero-order chi connectivity index (χ0) is 14.8. The van der Waals surface area contributed by atoms with Crippen molar-refractivity contribution in [3.63, 3.8) is 0 Å². The predicted octanol–water partition coefficient (Wildman–Crippen LogP) is 3.66. The standard InChI is InChI=1S/C13H14Cl2F2N2O/c14-9-2-1-3-10(12(9)15)18-11(20)8-19-6-4-13(16,17)5-7-19/h1-3H,4-8H2,(H,18,20). The van der Waals surface area contributed by atoms with Gasteiger partial charge in [-0.05, 0) is 12.1 Å². The Morgan fingerprint density at radius 3 is 2.60 bits per heavy atom. The van der Waals surface area contributed by atoms with Crippen molar-refractivity contribution in [2.75, 3.05) is 25.0 Å². The Kier molecular flexibility index (Phi) is 4.83. The number of nitrogens with one attached hydrogen (secondary N) is 1. The number of hydrogen-bond donors (Lipinski definition) is 1. The van der Waals surface area contributed by atoms with E-state index in [4.69, 9.17) is 23.2 Å². The molecule has 1 heterocycles. The Morgan fingerprint density at radius 2 is 1.95 bits per heavy atom. The third-order valence-corrected chi connectivity index (χ3v) is 4.00. The molecule has 1 aromatic rings. The van der Waals surface area contributed by atoms with Crippen molar-refractivity contribution in [1.29, 1.82) is 0 Å². The third kappa shape index (κ3) is 4.04. The van der Waals surface area contributed by atoms with E-state index in [0.29, 0.717) is 10.7 Å². The van der Waals surface area contributed by atoms with Crippen LogP contribution in [0.1, 0.15) is 12.8 Å². The van der Waals surface area contributed by atoms with E-state index in [0.717, 1.165) is 0 Å². The van der Waals surface area contributed by atoms with Gasteiger partial charge in [0.1, 0.15) is 0 Å². The highest BCUT2D eigenvalue weighted by Gasteiger charge is 2.34. The molecule has 0 radical (unpaired) electrons. The molecule has 0 saturated carbocycles. The number of likely N-dealkylation sites (tertiary alicyclic amines) is 1. The quantitative estimate of drug-likeness (QED) is 0.921. The normalized spacial score (nSPS) is 18.8. The van der Waals surface area contributed by atoms with Gasteiger partial charge in [0, 0.05) is 25.9 Å². The monoisotopic (exact) mass is 322 g/mol. The smallest absolute Gasteiger partial charge is 0.250 e. The first-order valence-electron chi connectivity index (χ1n) is 6.21. The maximum Gasteiger partial charge on any atom is 0.250 e. The summed E-state index contributed by atoms with van der Waals surface area (Å²) in [5.41, 5.74) is 0.423. The summed E-state index contributed by atoms with van der Waals surface area (Å²) in [6, 6.07) is 4.92. The Balaban J connectivity index is 1.89. The summed E-state index contributed by atoms with van der Waals surface area (Å²) in [4.78, 5) is 13.6. The topological polar surface area (TPSA) is 32.3 Å². The second kappa shape index (κ2) is 6.24. The van der Waals surface area contributed by atoms with Crippen molar-refractivity contribution in [2.45, 2.75) is 18.8 Å². The number of rotatable bonds is 3. The van der Waals surface area contributed by atoms with Crippen LogP contribution < -0.4 is 5.32 Å². The number of amides is 1. The summed E-state index contributed by atoms with van der Waals surface area (Å²) in [6.45, 7) is 0.492. The van der Waals surface area contributed by atoms with Gasteiger partial charge in [0.2, 0.25) is 5.91 Å². The lowest BCUT2D eigenvalue weighted by molar-refractivity contribution is -0.119. The number of anilines is 1. The van der Waals surface area contributed by atoms with Crippen molar-refractivity contribution in [3.8, 4) is 0 Å². The summed E-state index contributed by atoms with van der Waals surface area (Å²) < 4.78 is 26.0. The van der Waals surface area contributed by atoms with E-state index in [9.17, 15) is 13.6 Å². The van der Waals surface area contributed by atoms with Crippen molar-refractivity contribution in [2.24, 2.45) is 0 Å². The summed E-state index contributed by atoms with van der Waals surface area (Å²) in [5.74, 6) is -2.90. The van der Waals surface area contributed by atoms with E-state index < -0.39 is 5.92 Å². The molecule has 1 saturated heterocycles. The Hall–Kier alpha value is -0.910. The number of nitrogens with zero attached hydrogens (tertiary/aromatic N) is 1. The molecule has 0 aromatic heterocycles. The number of carbonyl (C=O) groups excluding carboxylic acids is 1. The molecule has 1 N–H and O–H groups in total. The second-order valence-corrected chi connectivity index (χ2v) is 5.57. The molecule has 1 amide bonds. The summed E-state index contributed by atoms with van der Waals surface area (Å²) >= 11 is 11.8. The number of halogens is 4. The zero-order valence-corrected chi connectivity index (χ0v) is 12.1. The number of alkyl halides is 2. The number of carbonyl (C=O) groups is 1. The lowest BCUT2D eigenvalue weighted by atomic mass is 10.1. The van der Waals surface area contributed by atoms with Crippen molar-refractivity contribution < 1.29 is 13.6 Å². The van der Waals surface area contributed by atoms with Crippen molar-refractivity contribution in [1.82, 2.24) is 4.90 Å². The van der Waals surface area contributed by atoms with Gasteiger partial charge in [0.05, 0.1) is 22.3 Å². The molecule has 1 aliphatic heterocycles. The fourth-order valence-corrected chi connectivity index (χ4v) is 2.38. The fraction of sp³-hybridized carbons (Fsp3) is 0.462. The highest BCUT2D eigenvalue weighted by atomic mass is 35.5. The molecular formula is C13H14Cl2F2N2O. The lowest BCUT2D eigenvalue weighted by Gasteiger charge is -2.31. The lowest BCUT2D eigenvalue weighted by Crippen LogP contribution is -2.43. The van der Waals surface area contributed by atoms with E-state index >= 15 is 0 Å². The average molecular weight is 323 g/mol.